The Morgan fingerprint density at radius 3 is 2.41 bits per heavy atom. The number of nitrogens with one attached hydrogen (secondary N) is 2. The summed E-state index contributed by atoms with van der Waals surface area (Å²) in [6.45, 7) is 10.1. The van der Waals surface area contributed by atoms with Crippen LogP contribution in [0.3, 0.4) is 0 Å². The Kier molecular flexibility index (Phi) is 12.8. The number of allylic oxidation sites excluding steroid dienone is 3. The van der Waals surface area contributed by atoms with Gasteiger partial charge in [-0.25, -0.2) is 0 Å². The van der Waals surface area contributed by atoms with Crippen molar-refractivity contribution in [1.82, 2.24) is 15.5 Å². The van der Waals surface area contributed by atoms with E-state index in [-0.39, 0.29) is 33.4 Å². The van der Waals surface area contributed by atoms with Crippen LogP contribution in [0, 0.1) is 12.0 Å². The van der Waals surface area contributed by atoms with Gasteiger partial charge in [-0.15, -0.1) is 24.8 Å². The van der Waals surface area contributed by atoms with Crippen molar-refractivity contribution in [3.63, 3.8) is 0 Å². The summed E-state index contributed by atoms with van der Waals surface area (Å²) in [5.74, 6) is -0.200. The molecule has 2 fully saturated rings. The Balaban J connectivity index is 0.000000629. The van der Waals surface area contributed by atoms with E-state index in [4.69, 9.17) is 0 Å². The second-order valence-electron chi connectivity index (χ2n) is 6.71. The quantitative estimate of drug-likeness (QED) is 0.245. The number of likely N-dealkylation sites (tertiary alicyclic amines) is 1. The molecule has 2 aliphatic heterocycles. The van der Waals surface area contributed by atoms with Gasteiger partial charge in [0.05, 0.1) is 0 Å². The van der Waals surface area contributed by atoms with Gasteiger partial charge in [-0.05, 0) is 45.3 Å². The van der Waals surface area contributed by atoms with Crippen molar-refractivity contribution in [2.45, 2.75) is 45.6 Å². The maximum absolute atomic E-state index is 11.8. The summed E-state index contributed by atoms with van der Waals surface area (Å²) in [4.78, 5) is 36.6. The molecule has 27 heavy (non-hydrogen) atoms. The van der Waals surface area contributed by atoms with Gasteiger partial charge in [0.2, 0.25) is 11.8 Å². The van der Waals surface area contributed by atoms with E-state index in [1.165, 1.54) is 38.1 Å². The normalized spacial score (nSPS) is 21.6. The molecule has 0 aromatic carbocycles. The van der Waals surface area contributed by atoms with Gasteiger partial charge in [-0.3, -0.25) is 14.9 Å². The molecule has 7 heteroatoms. The minimum atomic E-state index is -0.671. The van der Waals surface area contributed by atoms with E-state index >= 15 is 0 Å². The molecule has 0 spiro atoms. The number of nitrogens with zero attached hydrogens (tertiary/aromatic N) is 1. The molecule has 2 saturated heterocycles. The smallest absolute Gasteiger partial charge is 0.248 e. The van der Waals surface area contributed by atoms with Gasteiger partial charge in [0.1, 0.15) is 6.04 Å². The first-order chi connectivity index (χ1) is 12.4. The van der Waals surface area contributed by atoms with Crippen molar-refractivity contribution < 1.29 is 35.4 Å². The van der Waals surface area contributed by atoms with Crippen LogP contribution in [0.5, 0.6) is 0 Å². The minimum Gasteiger partial charge on any atom is -0.381 e. The molecule has 0 bridgehead atoms. The van der Waals surface area contributed by atoms with Gasteiger partial charge in [-0.2, -0.15) is 6.08 Å². The first kappa shape index (κ1) is 25.5. The standard InChI is InChI=1S/C13H15N2O3.C7H15N.W/c1-3-5-6-9(4-2)12(17)14-10-7-8-11(16)15-13(10)18;1-7-3-5-8(2)6-4-7;/h3-5,10H,1,7-8H2,2H3,(H,14,17)(H,15,16,18);7H,3-6H2,1-2H3;/q-1;;/b9-4+;;. The average molecular weight is 544 g/mol. The van der Waals surface area contributed by atoms with Crippen molar-refractivity contribution in [3.05, 3.63) is 36.5 Å². The predicted molar refractivity (Wildman–Crippen MR) is 102 cm³/mol. The van der Waals surface area contributed by atoms with Gasteiger partial charge >= 0.3 is 0 Å². The minimum absolute atomic E-state index is 0. The Bertz CT molecular complexity index is 569. The van der Waals surface area contributed by atoms with Gasteiger partial charge in [0, 0.05) is 27.5 Å². The topological polar surface area (TPSA) is 78.5 Å². The van der Waals surface area contributed by atoms with Crippen LogP contribution in [0.15, 0.2) is 30.4 Å². The van der Waals surface area contributed by atoms with E-state index in [1.807, 2.05) is 0 Å². The summed E-state index contributed by atoms with van der Waals surface area (Å²) in [5.41, 5.74) is 0.319. The molecule has 150 valence electrons. The molecule has 0 aromatic rings. The molecular formula is C20H30N3O3W-. The fourth-order valence-electron chi connectivity index (χ4n) is 2.63. The number of hydrogen-bond acceptors (Lipinski definition) is 4. The molecule has 2 N–H and O–H groups in total. The molecule has 0 aliphatic carbocycles. The summed E-state index contributed by atoms with van der Waals surface area (Å²) in [6.07, 6.45) is 10.7. The maximum Gasteiger partial charge on any atom is 0.248 e. The second-order valence-corrected chi connectivity index (χ2v) is 6.71. The third-order valence-corrected chi connectivity index (χ3v) is 4.44. The molecule has 2 rings (SSSR count). The summed E-state index contributed by atoms with van der Waals surface area (Å²) in [5, 5.41) is 4.74. The molecule has 0 radical (unpaired) electrons. The monoisotopic (exact) mass is 544 g/mol. The Morgan fingerprint density at radius 1 is 1.30 bits per heavy atom. The molecule has 0 aromatic heterocycles. The summed E-state index contributed by atoms with van der Waals surface area (Å²) in [7, 11) is 2.20. The second kappa shape index (κ2) is 13.6. The van der Waals surface area contributed by atoms with Crippen LogP contribution in [0.25, 0.3) is 0 Å². The van der Waals surface area contributed by atoms with Crippen molar-refractivity contribution >= 4 is 17.7 Å². The summed E-state index contributed by atoms with van der Waals surface area (Å²) < 4.78 is 0. The van der Waals surface area contributed by atoms with E-state index in [0.717, 1.165) is 5.92 Å². The van der Waals surface area contributed by atoms with Crippen LogP contribution in [0.4, 0.5) is 0 Å². The molecule has 3 amide bonds. The van der Waals surface area contributed by atoms with Crippen molar-refractivity contribution in [1.29, 1.82) is 0 Å². The number of carbonyl (C=O) groups is 3. The zero-order chi connectivity index (χ0) is 19.5. The van der Waals surface area contributed by atoms with E-state index < -0.39 is 17.9 Å². The third-order valence-electron chi connectivity index (χ3n) is 4.44. The molecule has 1 atom stereocenters. The number of amides is 3. The number of carbonyl (C=O) groups excluding carboxylic acids is 3. The molecule has 1 unspecified atom stereocenters. The summed E-state index contributed by atoms with van der Waals surface area (Å²) in [6, 6.07) is -0.671. The number of imide groups is 1. The Labute approximate surface area is 176 Å². The van der Waals surface area contributed by atoms with E-state index in [0.29, 0.717) is 12.0 Å². The van der Waals surface area contributed by atoms with Crippen LogP contribution in [0.1, 0.15) is 39.5 Å². The van der Waals surface area contributed by atoms with E-state index in [2.05, 4.69) is 42.2 Å². The van der Waals surface area contributed by atoms with Crippen LogP contribution < -0.4 is 10.6 Å². The summed E-state index contributed by atoms with van der Waals surface area (Å²) >= 11 is 0. The van der Waals surface area contributed by atoms with Crippen LogP contribution in [0.2, 0.25) is 0 Å². The zero-order valence-corrected chi connectivity index (χ0v) is 19.4. The van der Waals surface area contributed by atoms with Gasteiger partial charge in [-0.1, -0.05) is 19.4 Å². The number of rotatable bonds is 4. The maximum atomic E-state index is 11.8. The Morgan fingerprint density at radius 2 is 1.93 bits per heavy atom. The fraction of sp³-hybridized carbons (Fsp3) is 0.550. The van der Waals surface area contributed by atoms with Crippen LogP contribution >= 0.6 is 0 Å². The van der Waals surface area contributed by atoms with E-state index in [1.54, 1.807) is 13.0 Å². The zero-order valence-electron chi connectivity index (χ0n) is 16.4. The van der Waals surface area contributed by atoms with Crippen molar-refractivity contribution in [3.8, 4) is 0 Å². The molecular weight excluding hydrogens is 514 g/mol. The molecule has 0 saturated carbocycles. The predicted octanol–water partition coefficient (Wildman–Crippen LogP) is 1.75. The first-order valence-corrected chi connectivity index (χ1v) is 9.07. The van der Waals surface area contributed by atoms with Crippen molar-refractivity contribution in [2.24, 2.45) is 5.92 Å². The van der Waals surface area contributed by atoms with Crippen LogP contribution in [-0.2, 0) is 35.4 Å². The molecule has 2 heterocycles. The van der Waals surface area contributed by atoms with Crippen molar-refractivity contribution in [2.75, 3.05) is 20.1 Å². The van der Waals surface area contributed by atoms with Gasteiger partial charge < -0.3 is 15.0 Å². The number of piperidine rings is 2. The van der Waals surface area contributed by atoms with Gasteiger partial charge in [0.15, 0.2) is 5.91 Å². The number of hydrogen-bond donors (Lipinski definition) is 2. The SMILES string of the molecule is C=CC=[C-]/C(=C\C)C(=O)NC1CCC(=O)NC1=O.CC1CCN(C)CC1.[W]. The Hall–Kier alpha value is -1.52. The van der Waals surface area contributed by atoms with Crippen LogP contribution in [-0.4, -0.2) is 48.8 Å². The van der Waals surface area contributed by atoms with Gasteiger partial charge in [0.25, 0.3) is 0 Å². The molecule has 6 nitrogen and oxygen atoms in total. The average Bonchev–Trinajstić information content (AvgIpc) is 2.61. The fourth-order valence-corrected chi connectivity index (χ4v) is 2.63. The largest absolute Gasteiger partial charge is 0.381 e. The van der Waals surface area contributed by atoms with E-state index in [9.17, 15) is 14.4 Å². The first-order valence-electron chi connectivity index (χ1n) is 9.07. The molecule has 2 aliphatic rings. The third kappa shape index (κ3) is 9.83.